The number of aliphatic hydroxyl groups is 2. The summed E-state index contributed by atoms with van der Waals surface area (Å²) in [6.45, 7) is 4.28. The minimum Gasteiger partial charge on any atom is -0.389 e. The lowest BCUT2D eigenvalue weighted by molar-refractivity contribution is -0.146. The van der Waals surface area contributed by atoms with Crippen molar-refractivity contribution in [2.75, 3.05) is 6.61 Å². The van der Waals surface area contributed by atoms with E-state index in [-0.39, 0.29) is 18.5 Å². The van der Waals surface area contributed by atoms with Crippen LogP contribution in [0.2, 0.25) is 0 Å². The lowest BCUT2D eigenvalue weighted by atomic mass is 9.70. The molecule has 3 rings (SSSR count). The van der Waals surface area contributed by atoms with Crippen LogP contribution in [0.15, 0.2) is 59.8 Å². The number of pyridine rings is 1. The van der Waals surface area contributed by atoms with Gasteiger partial charge in [-0.25, -0.2) is 0 Å². The van der Waals surface area contributed by atoms with Crippen LogP contribution in [0.1, 0.15) is 27.2 Å². The maximum atomic E-state index is 12.6. The summed E-state index contributed by atoms with van der Waals surface area (Å²) in [6.07, 6.45) is 5.10. The Hall–Kier alpha value is -3.10. The summed E-state index contributed by atoms with van der Waals surface area (Å²) >= 11 is 0. The highest BCUT2D eigenvalue weighted by atomic mass is 16.3. The molecular weight excluding hydrogens is 384 g/mol. The Kier molecular flexibility index (Phi) is 6.00. The largest absolute Gasteiger partial charge is 0.389 e. The highest BCUT2D eigenvalue weighted by molar-refractivity contribution is 5.86. The number of Topliss-reactive ketones (excluding diaryl/α,β-unsaturated/α-hetero) is 1. The van der Waals surface area contributed by atoms with Crippen molar-refractivity contribution in [3.8, 4) is 16.8 Å². The quantitative estimate of drug-likeness (QED) is 0.586. The van der Waals surface area contributed by atoms with E-state index in [9.17, 15) is 19.8 Å². The summed E-state index contributed by atoms with van der Waals surface area (Å²) in [4.78, 5) is 26.4. The van der Waals surface area contributed by atoms with E-state index >= 15 is 0 Å². The lowest BCUT2D eigenvalue weighted by Gasteiger charge is -2.39. The van der Waals surface area contributed by atoms with Crippen molar-refractivity contribution in [2.24, 2.45) is 5.41 Å². The van der Waals surface area contributed by atoms with E-state index < -0.39 is 23.4 Å². The smallest absolute Gasteiger partial charge is 0.251 e. The number of nitrogens with zero attached hydrogens (tertiary/aromatic N) is 4. The molecule has 2 N–H and O–H groups in total. The molecule has 0 spiro atoms. The first kappa shape index (κ1) is 21.6. The maximum absolute atomic E-state index is 12.6. The molecule has 8 heteroatoms. The van der Waals surface area contributed by atoms with Gasteiger partial charge in [0.15, 0.2) is 5.78 Å². The molecule has 3 aromatic rings. The molecule has 2 aromatic heterocycles. The Morgan fingerprint density at radius 3 is 2.20 bits per heavy atom. The van der Waals surface area contributed by atoms with Gasteiger partial charge in [-0.05, 0) is 56.5 Å². The second-order valence-electron chi connectivity index (χ2n) is 8.03. The van der Waals surface area contributed by atoms with E-state index in [1.165, 1.54) is 29.3 Å². The van der Waals surface area contributed by atoms with Gasteiger partial charge in [-0.15, -0.1) is 0 Å². The van der Waals surface area contributed by atoms with Gasteiger partial charge >= 0.3 is 0 Å². The monoisotopic (exact) mass is 410 g/mol. The predicted octanol–water partition coefficient (Wildman–Crippen LogP) is 1.82. The van der Waals surface area contributed by atoms with Crippen LogP contribution in [0.4, 0.5) is 0 Å². The minimum absolute atomic E-state index is 0.208. The van der Waals surface area contributed by atoms with Gasteiger partial charge in [0.2, 0.25) is 0 Å². The van der Waals surface area contributed by atoms with Crippen molar-refractivity contribution < 1.29 is 15.0 Å². The molecule has 158 valence electrons. The number of hydrogen-bond acceptors (Lipinski definition) is 6. The van der Waals surface area contributed by atoms with E-state index in [0.29, 0.717) is 0 Å². The molecule has 2 heterocycles. The zero-order valence-electron chi connectivity index (χ0n) is 17.3. The van der Waals surface area contributed by atoms with Crippen LogP contribution < -0.4 is 5.56 Å². The highest BCUT2D eigenvalue weighted by Gasteiger charge is 2.45. The number of rotatable bonds is 8. The Labute approximate surface area is 174 Å². The number of aromatic nitrogens is 4. The van der Waals surface area contributed by atoms with Gasteiger partial charge in [0, 0.05) is 18.8 Å². The molecule has 30 heavy (non-hydrogen) atoms. The first-order valence-electron chi connectivity index (χ1n) is 9.70. The van der Waals surface area contributed by atoms with Crippen molar-refractivity contribution in [3.63, 3.8) is 0 Å². The fourth-order valence-electron chi connectivity index (χ4n) is 3.31. The molecule has 0 aliphatic carbocycles. The zero-order valence-corrected chi connectivity index (χ0v) is 17.3. The fourth-order valence-corrected chi connectivity index (χ4v) is 3.31. The Morgan fingerprint density at radius 2 is 1.67 bits per heavy atom. The molecule has 0 radical (unpaired) electrons. The van der Waals surface area contributed by atoms with Crippen molar-refractivity contribution in [1.29, 1.82) is 0 Å². The lowest BCUT2D eigenvalue weighted by Crippen LogP contribution is -2.49. The van der Waals surface area contributed by atoms with Gasteiger partial charge in [0.1, 0.15) is 6.61 Å². The van der Waals surface area contributed by atoms with E-state index in [1.54, 1.807) is 25.5 Å². The molecule has 0 bridgehead atoms. The molecule has 1 aromatic carbocycles. The summed E-state index contributed by atoms with van der Waals surface area (Å²) in [7, 11) is 0. The van der Waals surface area contributed by atoms with Gasteiger partial charge < -0.3 is 14.8 Å². The van der Waals surface area contributed by atoms with Crippen LogP contribution in [0.5, 0.6) is 0 Å². The summed E-state index contributed by atoms with van der Waals surface area (Å²) in [6, 6.07) is 10.9. The van der Waals surface area contributed by atoms with Crippen LogP contribution in [0.25, 0.3) is 16.8 Å². The molecule has 0 saturated heterocycles. The average Bonchev–Trinajstić information content (AvgIpc) is 3.26. The number of aliphatic hydroxyl groups excluding tert-OH is 1. The molecule has 0 amide bonds. The van der Waals surface area contributed by atoms with Gasteiger partial charge in [-0.3, -0.25) is 9.59 Å². The summed E-state index contributed by atoms with van der Waals surface area (Å²) in [5, 5.41) is 27.9. The van der Waals surface area contributed by atoms with E-state index in [4.69, 9.17) is 0 Å². The van der Waals surface area contributed by atoms with Crippen LogP contribution in [0, 0.1) is 5.41 Å². The summed E-state index contributed by atoms with van der Waals surface area (Å²) in [5.74, 6) is -0.452. The van der Waals surface area contributed by atoms with E-state index in [0.717, 1.165) is 16.8 Å². The van der Waals surface area contributed by atoms with Crippen LogP contribution >= 0.6 is 0 Å². The molecule has 0 saturated carbocycles. The van der Waals surface area contributed by atoms with Gasteiger partial charge in [-0.1, -0.05) is 12.1 Å². The standard InChI is InChI=1S/C22H26N4O4/c1-21(2,30)22(3,19(28)15-27)9-13-25-12-8-17(14-20(25)29)16-4-6-18(7-5-16)26-23-10-11-24-26/h4-8,10-12,14,27,30H,9,13,15H2,1-3H3. The molecular formula is C22H26N4O4. The third-order valence-corrected chi connectivity index (χ3v) is 5.81. The number of benzene rings is 1. The number of hydrogen-bond donors (Lipinski definition) is 2. The first-order valence-corrected chi connectivity index (χ1v) is 9.70. The Morgan fingerprint density at radius 1 is 1.03 bits per heavy atom. The van der Waals surface area contributed by atoms with Crippen molar-refractivity contribution in [3.05, 3.63) is 65.3 Å². The maximum Gasteiger partial charge on any atom is 0.251 e. The second-order valence-corrected chi connectivity index (χ2v) is 8.03. The number of carbonyl (C=O) groups excluding carboxylic acids is 1. The zero-order chi connectivity index (χ0) is 21.9. The summed E-state index contributed by atoms with van der Waals surface area (Å²) < 4.78 is 1.50. The van der Waals surface area contributed by atoms with Gasteiger partial charge in [0.05, 0.1) is 29.1 Å². The van der Waals surface area contributed by atoms with Crippen molar-refractivity contribution in [1.82, 2.24) is 19.6 Å². The van der Waals surface area contributed by atoms with Gasteiger partial charge in [-0.2, -0.15) is 15.0 Å². The van der Waals surface area contributed by atoms with Crippen LogP contribution in [-0.2, 0) is 11.3 Å². The van der Waals surface area contributed by atoms with Crippen molar-refractivity contribution >= 4 is 5.78 Å². The third kappa shape index (κ3) is 4.24. The molecule has 0 aliphatic rings. The molecule has 0 aliphatic heterocycles. The molecule has 0 fully saturated rings. The summed E-state index contributed by atoms with van der Waals surface area (Å²) in [5.41, 5.74) is -0.242. The number of carbonyl (C=O) groups is 1. The number of ketones is 1. The SMILES string of the molecule is CC(C)(O)C(C)(CCn1ccc(-c2ccc(-n3nccn3)cc2)cc1=O)C(=O)CO. The predicted molar refractivity (Wildman–Crippen MR) is 112 cm³/mol. The normalized spacial score (nSPS) is 13.8. The Balaban J connectivity index is 1.78. The topological polar surface area (TPSA) is 110 Å². The molecule has 1 atom stereocenters. The van der Waals surface area contributed by atoms with E-state index in [2.05, 4.69) is 10.2 Å². The highest BCUT2D eigenvalue weighted by Crippen LogP contribution is 2.36. The van der Waals surface area contributed by atoms with Gasteiger partial charge in [0.25, 0.3) is 5.56 Å². The molecule has 1 unspecified atom stereocenters. The van der Waals surface area contributed by atoms with Crippen molar-refractivity contribution in [2.45, 2.75) is 39.3 Å². The molecule has 8 nitrogen and oxygen atoms in total. The average molecular weight is 410 g/mol. The van der Waals surface area contributed by atoms with Crippen LogP contribution in [0.3, 0.4) is 0 Å². The Bertz CT molecular complexity index is 1070. The van der Waals surface area contributed by atoms with Crippen LogP contribution in [-0.4, -0.2) is 47.8 Å². The third-order valence-electron chi connectivity index (χ3n) is 5.81. The number of aryl methyl sites for hydroxylation is 1. The second kappa shape index (κ2) is 8.33. The van der Waals surface area contributed by atoms with E-state index in [1.807, 2.05) is 30.3 Å². The fraction of sp³-hybridized carbons (Fsp3) is 0.364. The minimum atomic E-state index is -1.33. The first-order chi connectivity index (χ1) is 14.2.